The minimum Gasteiger partial charge on any atom is -0.298 e. The Hall–Kier alpha value is -2.28. The van der Waals surface area contributed by atoms with Gasteiger partial charge in [-0.1, -0.05) is 0 Å². The summed E-state index contributed by atoms with van der Waals surface area (Å²) in [6, 6.07) is 1.83. The highest BCUT2D eigenvalue weighted by Crippen LogP contribution is 2.40. The van der Waals surface area contributed by atoms with Crippen LogP contribution >= 0.6 is 11.3 Å². The van der Waals surface area contributed by atoms with Crippen LogP contribution in [0.2, 0.25) is 0 Å². The molecular formula is C15H15N5OS. The molecular weight excluding hydrogens is 298 g/mol. The maximum Gasteiger partial charge on any atom is 0.259 e. The van der Waals surface area contributed by atoms with Gasteiger partial charge >= 0.3 is 0 Å². The molecule has 1 amide bonds. The average Bonchev–Trinajstić information content (AvgIpc) is 3.19. The summed E-state index contributed by atoms with van der Waals surface area (Å²) >= 11 is 1.47. The number of amides is 1. The van der Waals surface area contributed by atoms with E-state index in [0.717, 1.165) is 22.4 Å². The van der Waals surface area contributed by atoms with Gasteiger partial charge in [-0.2, -0.15) is 5.10 Å². The lowest BCUT2D eigenvalue weighted by Crippen LogP contribution is -2.12. The van der Waals surface area contributed by atoms with E-state index < -0.39 is 0 Å². The number of thiazole rings is 1. The molecule has 1 aliphatic rings. The van der Waals surface area contributed by atoms with Crippen molar-refractivity contribution in [2.75, 3.05) is 5.32 Å². The zero-order chi connectivity index (χ0) is 15.3. The highest BCUT2D eigenvalue weighted by Gasteiger charge is 2.26. The van der Waals surface area contributed by atoms with E-state index >= 15 is 0 Å². The fourth-order valence-corrected chi connectivity index (χ4v) is 3.30. The number of aryl methyl sites for hydroxylation is 2. The number of fused-ring (bicyclic) bond motifs is 1. The Morgan fingerprint density at radius 3 is 3.05 bits per heavy atom. The summed E-state index contributed by atoms with van der Waals surface area (Å²) in [5, 5.41) is 10.7. The summed E-state index contributed by atoms with van der Waals surface area (Å²) in [4.78, 5) is 21.2. The molecule has 22 heavy (non-hydrogen) atoms. The van der Waals surface area contributed by atoms with Gasteiger partial charge in [0.05, 0.1) is 17.0 Å². The Labute approximate surface area is 131 Å². The van der Waals surface area contributed by atoms with Gasteiger partial charge < -0.3 is 0 Å². The van der Waals surface area contributed by atoms with Crippen LogP contribution in [0.4, 0.5) is 5.13 Å². The van der Waals surface area contributed by atoms with Gasteiger partial charge in [-0.3, -0.25) is 14.8 Å². The second-order valence-electron chi connectivity index (χ2n) is 5.61. The van der Waals surface area contributed by atoms with Crippen LogP contribution in [-0.2, 0) is 7.05 Å². The van der Waals surface area contributed by atoms with Crippen LogP contribution in [0.15, 0.2) is 17.6 Å². The predicted octanol–water partition coefficient (Wildman–Crippen LogP) is 2.86. The van der Waals surface area contributed by atoms with Crippen molar-refractivity contribution >= 4 is 33.4 Å². The predicted molar refractivity (Wildman–Crippen MR) is 85.3 cm³/mol. The highest BCUT2D eigenvalue weighted by molar-refractivity contribution is 7.14. The molecule has 0 atom stereocenters. The van der Waals surface area contributed by atoms with Crippen LogP contribution in [0.25, 0.3) is 11.0 Å². The molecule has 0 aliphatic heterocycles. The fourth-order valence-electron chi connectivity index (χ4n) is 2.51. The number of pyridine rings is 1. The first-order valence-electron chi connectivity index (χ1n) is 7.18. The first kappa shape index (κ1) is 13.4. The molecule has 1 N–H and O–H groups in total. The first-order chi connectivity index (χ1) is 10.6. The van der Waals surface area contributed by atoms with Crippen LogP contribution in [0, 0.1) is 6.92 Å². The maximum atomic E-state index is 12.4. The van der Waals surface area contributed by atoms with E-state index in [1.807, 2.05) is 25.4 Å². The largest absolute Gasteiger partial charge is 0.298 e. The van der Waals surface area contributed by atoms with Crippen molar-refractivity contribution in [3.63, 3.8) is 0 Å². The summed E-state index contributed by atoms with van der Waals surface area (Å²) in [7, 11) is 1.84. The van der Waals surface area contributed by atoms with Gasteiger partial charge in [-0.25, -0.2) is 9.97 Å². The monoisotopic (exact) mass is 313 g/mol. The maximum absolute atomic E-state index is 12.4. The SMILES string of the molecule is Cc1nn(C)c2ncc(C(=O)Nc3nc(C4CC4)cs3)cc12. The van der Waals surface area contributed by atoms with Crippen LogP contribution < -0.4 is 5.32 Å². The van der Waals surface area contributed by atoms with Gasteiger partial charge in [0.15, 0.2) is 10.8 Å². The average molecular weight is 313 g/mol. The van der Waals surface area contributed by atoms with Crippen molar-refractivity contribution in [1.82, 2.24) is 19.7 Å². The van der Waals surface area contributed by atoms with Crippen molar-refractivity contribution in [3.05, 3.63) is 34.6 Å². The minimum absolute atomic E-state index is 0.186. The molecule has 3 heterocycles. The van der Waals surface area contributed by atoms with E-state index in [2.05, 4.69) is 20.4 Å². The summed E-state index contributed by atoms with van der Waals surface area (Å²) < 4.78 is 1.72. The molecule has 7 heteroatoms. The minimum atomic E-state index is -0.186. The quantitative estimate of drug-likeness (QED) is 0.807. The Balaban J connectivity index is 1.59. The van der Waals surface area contributed by atoms with Crippen molar-refractivity contribution in [2.45, 2.75) is 25.7 Å². The molecule has 1 saturated carbocycles. The highest BCUT2D eigenvalue weighted by atomic mass is 32.1. The topological polar surface area (TPSA) is 72.7 Å². The molecule has 0 bridgehead atoms. The van der Waals surface area contributed by atoms with Gasteiger partial charge in [-0.05, 0) is 25.8 Å². The molecule has 0 saturated heterocycles. The number of hydrogen-bond donors (Lipinski definition) is 1. The third kappa shape index (κ3) is 2.27. The molecule has 1 aliphatic carbocycles. The molecule has 0 unspecified atom stereocenters. The molecule has 3 aromatic heterocycles. The lowest BCUT2D eigenvalue weighted by Gasteiger charge is -2.02. The zero-order valence-electron chi connectivity index (χ0n) is 12.3. The zero-order valence-corrected chi connectivity index (χ0v) is 13.1. The van der Waals surface area contributed by atoms with Gasteiger partial charge in [0, 0.05) is 29.9 Å². The van der Waals surface area contributed by atoms with E-state index in [1.54, 1.807) is 10.9 Å². The molecule has 0 spiro atoms. The first-order valence-corrected chi connectivity index (χ1v) is 8.06. The second kappa shape index (κ2) is 4.88. The summed E-state index contributed by atoms with van der Waals surface area (Å²) in [6.45, 7) is 1.91. The summed E-state index contributed by atoms with van der Waals surface area (Å²) in [5.74, 6) is 0.410. The van der Waals surface area contributed by atoms with Gasteiger partial charge in [0.25, 0.3) is 5.91 Å². The van der Waals surface area contributed by atoms with Crippen molar-refractivity contribution < 1.29 is 4.79 Å². The van der Waals surface area contributed by atoms with Gasteiger partial charge in [0.2, 0.25) is 0 Å². The lowest BCUT2D eigenvalue weighted by molar-refractivity contribution is 0.102. The Morgan fingerprint density at radius 2 is 2.27 bits per heavy atom. The second-order valence-corrected chi connectivity index (χ2v) is 6.47. The number of anilines is 1. The van der Waals surface area contributed by atoms with E-state index in [-0.39, 0.29) is 5.91 Å². The van der Waals surface area contributed by atoms with Crippen molar-refractivity contribution in [1.29, 1.82) is 0 Å². The van der Waals surface area contributed by atoms with Crippen LogP contribution in [-0.4, -0.2) is 25.7 Å². The Morgan fingerprint density at radius 1 is 1.45 bits per heavy atom. The number of aromatic nitrogens is 4. The van der Waals surface area contributed by atoms with Crippen LogP contribution in [0.5, 0.6) is 0 Å². The number of rotatable bonds is 3. The number of hydrogen-bond acceptors (Lipinski definition) is 5. The normalized spacial score (nSPS) is 14.5. The molecule has 3 aromatic rings. The number of nitrogens with zero attached hydrogens (tertiary/aromatic N) is 4. The van der Waals surface area contributed by atoms with Crippen LogP contribution in [0.3, 0.4) is 0 Å². The van der Waals surface area contributed by atoms with Gasteiger partial charge in [0.1, 0.15) is 0 Å². The molecule has 0 aromatic carbocycles. The molecule has 6 nitrogen and oxygen atoms in total. The third-order valence-corrected chi connectivity index (χ3v) is 4.64. The smallest absolute Gasteiger partial charge is 0.259 e. The molecule has 1 fully saturated rings. The van der Waals surface area contributed by atoms with E-state index in [1.165, 1.54) is 24.2 Å². The Kier molecular flexibility index (Phi) is 2.97. The van der Waals surface area contributed by atoms with Crippen LogP contribution in [0.1, 0.15) is 40.5 Å². The standard InChI is InChI=1S/C15H15N5OS/c1-8-11-5-10(6-16-13(11)20(2)19-8)14(21)18-15-17-12(7-22-15)9-3-4-9/h5-7,9H,3-4H2,1-2H3,(H,17,18,21). The third-order valence-electron chi connectivity index (χ3n) is 3.86. The fraction of sp³-hybridized carbons (Fsp3) is 0.333. The number of carbonyl (C=O) groups excluding carboxylic acids is 1. The van der Waals surface area contributed by atoms with E-state index in [9.17, 15) is 4.79 Å². The molecule has 112 valence electrons. The number of nitrogens with one attached hydrogen (secondary N) is 1. The molecule has 0 radical (unpaired) electrons. The molecule has 4 rings (SSSR count). The summed E-state index contributed by atoms with van der Waals surface area (Å²) in [5.41, 5.74) is 3.26. The summed E-state index contributed by atoms with van der Waals surface area (Å²) in [6.07, 6.45) is 3.99. The van der Waals surface area contributed by atoms with Crippen molar-refractivity contribution in [2.24, 2.45) is 7.05 Å². The Bertz CT molecular complexity index is 877. The number of carbonyl (C=O) groups is 1. The van der Waals surface area contributed by atoms with Gasteiger partial charge in [-0.15, -0.1) is 11.3 Å². The van der Waals surface area contributed by atoms with E-state index in [4.69, 9.17) is 0 Å². The van der Waals surface area contributed by atoms with Crippen molar-refractivity contribution in [3.8, 4) is 0 Å². The lowest BCUT2D eigenvalue weighted by atomic mass is 10.2. The van der Waals surface area contributed by atoms with E-state index in [0.29, 0.717) is 16.6 Å².